The first-order valence-corrected chi connectivity index (χ1v) is 14.3. The lowest BCUT2D eigenvalue weighted by Crippen LogP contribution is -2.60. The number of amides is 2. The first-order valence-electron chi connectivity index (χ1n) is 13.4. The molecule has 7 atom stereocenters. The van der Waals surface area contributed by atoms with E-state index in [-0.39, 0.29) is 47.5 Å². The zero-order valence-electron chi connectivity index (χ0n) is 22.5. The van der Waals surface area contributed by atoms with Crippen LogP contribution in [0, 0.1) is 23.7 Å². The number of nitrogens with zero attached hydrogens (tertiary/aromatic N) is 2. The van der Waals surface area contributed by atoms with Gasteiger partial charge in [0, 0.05) is 17.8 Å². The fourth-order valence-corrected chi connectivity index (χ4v) is 8.89. The minimum absolute atomic E-state index is 0.0504. The Balaban J connectivity index is 2.02. The molecular formula is C28H44N2O5S. The van der Waals surface area contributed by atoms with Crippen LogP contribution in [0.4, 0.5) is 0 Å². The van der Waals surface area contributed by atoms with Crippen molar-refractivity contribution in [2.24, 2.45) is 23.7 Å². The maximum absolute atomic E-state index is 14.3. The third-order valence-corrected chi connectivity index (χ3v) is 10.4. The van der Waals surface area contributed by atoms with Crippen molar-refractivity contribution in [1.29, 1.82) is 0 Å². The number of ether oxygens (including phenoxy) is 1. The summed E-state index contributed by atoms with van der Waals surface area (Å²) in [5.74, 6) is -1.83. The van der Waals surface area contributed by atoms with Gasteiger partial charge in [0.2, 0.25) is 11.8 Å². The van der Waals surface area contributed by atoms with Crippen molar-refractivity contribution >= 4 is 29.5 Å². The van der Waals surface area contributed by atoms with Gasteiger partial charge in [0.05, 0.1) is 35.8 Å². The molecule has 3 saturated heterocycles. The van der Waals surface area contributed by atoms with E-state index in [1.54, 1.807) is 27.6 Å². The summed E-state index contributed by atoms with van der Waals surface area (Å²) in [6, 6.07) is -1.33. The summed E-state index contributed by atoms with van der Waals surface area (Å²) in [6.45, 7) is 17.9. The summed E-state index contributed by atoms with van der Waals surface area (Å²) in [5, 5.41) is 10.3. The number of allylic oxidation sites excluding steroid dienone is 1. The van der Waals surface area contributed by atoms with Crippen molar-refractivity contribution in [1.82, 2.24) is 9.80 Å². The molecule has 0 saturated carbocycles. The molecule has 3 aliphatic rings. The third kappa shape index (κ3) is 4.75. The van der Waals surface area contributed by atoms with Crippen LogP contribution in [0.5, 0.6) is 0 Å². The highest BCUT2D eigenvalue weighted by atomic mass is 32.2. The lowest BCUT2D eigenvalue weighted by atomic mass is 9.66. The molecule has 3 heterocycles. The Morgan fingerprint density at radius 1 is 1.25 bits per heavy atom. The Kier molecular flexibility index (Phi) is 9.36. The number of unbranched alkanes of at least 4 members (excludes halogenated alkanes) is 2. The quantitative estimate of drug-likeness (QED) is 0.227. The van der Waals surface area contributed by atoms with Crippen molar-refractivity contribution in [3.05, 3.63) is 25.3 Å². The van der Waals surface area contributed by atoms with Crippen molar-refractivity contribution in [3.63, 3.8) is 0 Å². The molecule has 3 fully saturated rings. The second-order valence-electron chi connectivity index (χ2n) is 11.1. The van der Waals surface area contributed by atoms with E-state index in [0.717, 1.165) is 25.7 Å². The minimum atomic E-state index is -0.743. The van der Waals surface area contributed by atoms with Crippen LogP contribution in [0.1, 0.15) is 60.3 Å². The minimum Gasteiger partial charge on any atom is -0.465 e. The Morgan fingerprint density at radius 2 is 1.94 bits per heavy atom. The lowest BCUT2D eigenvalue weighted by Gasteiger charge is -2.43. The summed E-state index contributed by atoms with van der Waals surface area (Å²) < 4.78 is 4.97. The molecule has 1 N–H and O–H groups in total. The lowest BCUT2D eigenvalue weighted by molar-refractivity contribution is -0.155. The number of thioether (sulfide) groups is 1. The molecule has 3 rings (SSSR count). The molecule has 0 aliphatic carbocycles. The maximum Gasteiger partial charge on any atom is 0.310 e. The molecule has 0 aromatic rings. The van der Waals surface area contributed by atoms with Crippen LogP contribution in [-0.4, -0.2) is 80.6 Å². The number of aliphatic hydroxyl groups excluding tert-OH is 1. The number of carbonyl (C=O) groups excluding carboxylic acids is 3. The molecule has 0 aromatic heterocycles. The van der Waals surface area contributed by atoms with Gasteiger partial charge in [-0.2, -0.15) is 0 Å². The highest BCUT2D eigenvalue weighted by molar-refractivity contribution is 8.02. The molecule has 1 spiro atoms. The molecule has 0 aromatic carbocycles. The van der Waals surface area contributed by atoms with Crippen molar-refractivity contribution in [3.8, 4) is 0 Å². The van der Waals surface area contributed by atoms with E-state index >= 15 is 0 Å². The second-order valence-corrected chi connectivity index (χ2v) is 12.7. The van der Waals surface area contributed by atoms with Gasteiger partial charge in [-0.15, -0.1) is 24.9 Å². The van der Waals surface area contributed by atoms with E-state index in [2.05, 4.69) is 20.1 Å². The Labute approximate surface area is 220 Å². The van der Waals surface area contributed by atoms with Gasteiger partial charge < -0.3 is 19.6 Å². The normalized spacial score (nSPS) is 31.6. The molecule has 36 heavy (non-hydrogen) atoms. The SMILES string of the molecule is C=CCCCCOC(=O)[C@@H]1[C@@H]2CC(C)C3(S2)C(C(=O)N(CC=C)C(C)C)N([C@@H](CO)C(C)C)C(=O)[C@H]13. The average Bonchev–Trinajstić information content (AvgIpc) is 3.41. The Hall–Kier alpha value is -1.80. The Morgan fingerprint density at radius 3 is 2.50 bits per heavy atom. The van der Waals surface area contributed by atoms with Gasteiger partial charge in [-0.05, 0) is 51.4 Å². The van der Waals surface area contributed by atoms with Crippen molar-refractivity contribution < 1.29 is 24.2 Å². The van der Waals surface area contributed by atoms with Crippen LogP contribution >= 0.6 is 11.8 Å². The maximum atomic E-state index is 14.3. The van der Waals surface area contributed by atoms with E-state index in [9.17, 15) is 19.5 Å². The molecule has 2 amide bonds. The smallest absolute Gasteiger partial charge is 0.310 e. The van der Waals surface area contributed by atoms with E-state index < -0.39 is 28.7 Å². The number of hydrogen-bond donors (Lipinski definition) is 1. The number of aliphatic hydroxyl groups is 1. The molecule has 0 radical (unpaired) electrons. The number of esters is 1. The van der Waals surface area contributed by atoms with E-state index in [4.69, 9.17) is 4.74 Å². The molecule has 7 nitrogen and oxygen atoms in total. The largest absolute Gasteiger partial charge is 0.465 e. The molecule has 8 heteroatoms. The molecule has 3 unspecified atom stereocenters. The van der Waals surface area contributed by atoms with Gasteiger partial charge in [0.15, 0.2) is 0 Å². The first kappa shape index (κ1) is 28.8. The van der Waals surface area contributed by atoms with Crippen LogP contribution < -0.4 is 0 Å². The molecule has 202 valence electrons. The number of carbonyl (C=O) groups is 3. The fraction of sp³-hybridized carbons (Fsp3) is 0.750. The summed E-state index contributed by atoms with van der Waals surface area (Å²) in [7, 11) is 0. The standard InChI is InChI=1S/C28H44N2O5S/c1-8-10-11-12-14-35-27(34)22-21-15-19(7)28(36-21)23(22)25(32)30(20(16-31)17(3)4)24(28)26(33)29(13-9-2)18(5)6/h8-9,17-24,31H,1-2,10-16H2,3-7H3/t19?,20-,21-,22+,23-,24?,28?/m0/s1. The summed E-state index contributed by atoms with van der Waals surface area (Å²) in [5.41, 5.74) is 0. The van der Waals surface area contributed by atoms with Gasteiger partial charge in [0.25, 0.3) is 0 Å². The molecular weight excluding hydrogens is 476 g/mol. The van der Waals surface area contributed by atoms with Crippen LogP contribution in [0.15, 0.2) is 25.3 Å². The van der Waals surface area contributed by atoms with E-state index in [1.807, 2.05) is 33.8 Å². The van der Waals surface area contributed by atoms with Crippen LogP contribution in [0.25, 0.3) is 0 Å². The summed E-state index contributed by atoms with van der Waals surface area (Å²) in [4.78, 5) is 45.2. The van der Waals surface area contributed by atoms with E-state index in [0.29, 0.717) is 13.2 Å². The van der Waals surface area contributed by atoms with Crippen LogP contribution in [0.3, 0.4) is 0 Å². The predicted molar refractivity (Wildman–Crippen MR) is 143 cm³/mol. The monoisotopic (exact) mass is 520 g/mol. The van der Waals surface area contributed by atoms with Gasteiger partial charge >= 0.3 is 5.97 Å². The second kappa shape index (κ2) is 11.7. The predicted octanol–water partition coefficient (Wildman–Crippen LogP) is 3.66. The topological polar surface area (TPSA) is 87.2 Å². The highest BCUT2D eigenvalue weighted by Gasteiger charge is 2.77. The van der Waals surface area contributed by atoms with Gasteiger partial charge in [-0.25, -0.2) is 0 Å². The first-order chi connectivity index (χ1) is 17.1. The van der Waals surface area contributed by atoms with Crippen molar-refractivity contribution in [2.45, 2.75) is 88.4 Å². The van der Waals surface area contributed by atoms with E-state index in [1.165, 1.54) is 0 Å². The summed E-state index contributed by atoms with van der Waals surface area (Å²) >= 11 is 1.64. The average molecular weight is 521 g/mol. The zero-order valence-corrected chi connectivity index (χ0v) is 23.3. The number of rotatable bonds is 13. The summed E-state index contributed by atoms with van der Waals surface area (Å²) in [6.07, 6.45) is 6.83. The molecule has 3 aliphatic heterocycles. The molecule has 2 bridgehead atoms. The van der Waals surface area contributed by atoms with Gasteiger partial charge in [-0.3, -0.25) is 14.4 Å². The number of fused-ring (bicyclic) bond motifs is 1. The highest BCUT2D eigenvalue weighted by Crippen LogP contribution is 2.69. The van der Waals surface area contributed by atoms with Crippen LogP contribution in [-0.2, 0) is 19.1 Å². The number of hydrogen-bond acceptors (Lipinski definition) is 6. The van der Waals surface area contributed by atoms with Gasteiger partial charge in [0.1, 0.15) is 6.04 Å². The van der Waals surface area contributed by atoms with Crippen molar-refractivity contribution in [2.75, 3.05) is 19.8 Å². The fourth-order valence-electron chi connectivity index (χ4n) is 6.50. The third-order valence-electron chi connectivity index (χ3n) is 8.28. The van der Waals surface area contributed by atoms with Gasteiger partial charge in [-0.1, -0.05) is 32.9 Å². The zero-order chi connectivity index (χ0) is 26.8. The number of likely N-dealkylation sites (tertiary alicyclic amines) is 1. The Bertz CT molecular complexity index is 861. The van der Waals surface area contributed by atoms with Crippen LogP contribution in [0.2, 0.25) is 0 Å².